The maximum Gasteiger partial charge on any atom is 0.325 e. The van der Waals surface area contributed by atoms with Crippen LogP contribution in [0.5, 0.6) is 0 Å². The molecule has 0 unspecified atom stereocenters. The van der Waals surface area contributed by atoms with Crippen molar-refractivity contribution in [3.05, 3.63) is 69.7 Å². The van der Waals surface area contributed by atoms with Crippen molar-refractivity contribution < 1.29 is 19.1 Å². The Morgan fingerprint density at radius 2 is 1.76 bits per heavy atom. The highest BCUT2D eigenvalue weighted by atomic mass is 35.5. The summed E-state index contributed by atoms with van der Waals surface area (Å²) in [6.07, 6.45) is 0. The molecule has 0 aliphatic heterocycles. The zero-order valence-electron chi connectivity index (χ0n) is 14.0. The summed E-state index contributed by atoms with van der Waals surface area (Å²) in [5.41, 5.74) is 2.81. The second-order valence-corrected chi connectivity index (χ2v) is 5.95. The number of carbonyl (C=O) groups excluding carboxylic acids is 3. The molecular formula is C19H18ClNO4. The maximum absolute atomic E-state index is 12.0. The molecule has 0 bridgehead atoms. The fourth-order valence-electron chi connectivity index (χ4n) is 2.10. The van der Waals surface area contributed by atoms with Crippen molar-refractivity contribution in [1.29, 1.82) is 0 Å². The average molecular weight is 360 g/mol. The van der Waals surface area contributed by atoms with Crippen LogP contribution >= 0.6 is 11.6 Å². The minimum Gasteiger partial charge on any atom is -0.456 e. The van der Waals surface area contributed by atoms with Gasteiger partial charge in [0, 0.05) is 11.1 Å². The quantitative estimate of drug-likeness (QED) is 0.635. The van der Waals surface area contributed by atoms with E-state index in [0.717, 1.165) is 11.1 Å². The van der Waals surface area contributed by atoms with Gasteiger partial charge in [0.1, 0.15) is 6.54 Å². The molecule has 0 atom stereocenters. The van der Waals surface area contributed by atoms with Crippen molar-refractivity contribution in [2.45, 2.75) is 13.8 Å². The van der Waals surface area contributed by atoms with Gasteiger partial charge in [0.25, 0.3) is 5.91 Å². The molecule has 2 aromatic carbocycles. The lowest BCUT2D eigenvalue weighted by molar-refractivity contribution is -0.141. The number of hydrogen-bond donors (Lipinski definition) is 1. The van der Waals surface area contributed by atoms with E-state index in [9.17, 15) is 14.4 Å². The third-order valence-electron chi connectivity index (χ3n) is 3.70. The summed E-state index contributed by atoms with van der Waals surface area (Å²) in [6.45, 7) is 3.11. The van der Waals surface area contributed by atoms with Crippen LogP contribution in [0.1, 0.15) is 31.8 Å². The van der Waals surface area contributed by atoms with Gasteiger partial charge in [-0.1, -0.05) is 29.8 Å². The van der Waals surface area contributed by atoms with E-state index in [1.807, 2.05) is 19.9 Å². The van der Waals surface area contributed by atoms with E-state index in [0.29, 0.717) is 10.6 Å². The molecule has 5 nitrogen and oxygen atoms in total. The third kappa shape index (κ3) is 5.16. The van der Waals surface area contributed by atoms with Crippen molar-refractivity contribution >= 4 is 29.3 Å². The van der Waals surface area contributed by atoms with Crippen LogP contribution in [-0.2, 0) is 9.53 Å². The highest BCUT2D eigenvalue weighted by Crippen LogP contribution is 2.15. The van der Waals surface area contributed by atoms with Gasteiger partial charge in [0.15, 0.2) is 6.61 Å². The number of hydrogen-bond acceptors (Lipinski definition) is 4. The van der Waals surface area contributed by atoms with Crippen LogP contribution in [0.3, 0.4) is 0 Å². The summed E-state index contributed by atoms with van der Waals surface area (Å²) < 4.78 is 4.88. The van der Waals surface area contributed by atoms with Gasteiger partial charge < -0.3 is 10.1 Å². The van der Waals surface area contributed by atoms with E-state index in [2.05, 4.69) is 5.32 Å². The van der Waals surface area contributed by atoms with Crippen LogP contribution in [0.25, 0.3) is 0 Å². The Hall–Kier alpha value is -2.66. The molecule has 2 rings (SSSR count). The number of Topliss-reactive ketones (excluding diaryl/α,β-unsaturated/α-hetero) is 1. The van der Waals surface area contributed by atoms with Gasteiger partial charge in [-0.25, -0.2) is 0 Å². The number of nitrogens with one attached hydrogen (secondary N) is 1. The first-order valence-electron chi connectivity index (χ1n) is 7.67. The van der Waals surface area contributed by atoms with Gasteiger partial charge in [0.05, 0.1) is 5.02 Å². The minimum absolute atomic E-state index is 0.288. The molecule has 0 fully saturated rings. The van der Waals surface area contributed by atoms with Crippen LogP contribution < -0.4 is 5.32 Å². The molecule has 0 aliphatic rings. The van der Waals surface area contributed by atoms with Crippen molar-refractivity contribution in [3.63, 3.8) is 0 Å². The maximum atomic E-state index is 12.0. The first-order valence-corrected chi connectivity index (χ1v) is 8.05. The summed E-state index contributed by atoms with van der Waals surface area (Å²) in [4.78, 5) is 35.7. The molecular weight excluding hydrogens is 342 g/mol. The predicted molar refractivity (Wildman–Crippen MR) is 95.0 cm³/mol. The van der Waals surface area contributed by atoms with E-state index < -0.39 is 18.4 Å². The Morgan fingerprint density at radius 3 is 2.44 bits per heavy atom. The van der Waals surface area contributed by atoms with E-state index in [4.69, 9.17) is 16.3 Å². The first kappa shape index (κ1) is 18.7. The Kier molecular flexibility index (Phi) is 6.31. The Balaban J connectivity index is 1.82. The minimum atomic E-state index is -0.697. The van der Waals surface area contributed by atoms with Gasteiger partial charge in [-0.05, 0) is 49.2 Å². The van der Waals surface area contributed by atoms with Crippen molar-refractivity contribution in [2.24, 2.45) is 0 Å². The SMILES string of the molecule is Cc1ccc(C(=O)NCC(=O)OCC(=O)c2ccccc2Cl)cc1C. The molecule has 0 saturated carbocycles. The van der Waals surface area contributed by atoms with Crippen LogP contribution in [0.15, 0.2) is 42.5 Å². The number of esters is 1. The van der Waals surface area contributed by atoms with Gasteiger partial charge in [-0.3, -0.25) is 14.4 Å². The second-order valence-electron chi connectivity index (χ2n) is 5.55. The van der Waals surface area contributed by atoms with Crippen molar-refractivity contribution in [2.75, 3.05) is 13.2 Å². The molecule has 6 heteroatoms. The number of ether oxygens (including phenoxy) is 1. The van der Waals surface area contributed by atoms with Crippen LogP contribution in [0.4, 0.5) is 0 Å². The number of halogens is 1. The monoisotopic (exact) mass is 359 g/mol. The van der Waals surface area contributed by atoms with Gasteiger partial charge in [-0.2, -0.15) is 0 Å². The number of benzene rings is 2. The van der Waals surface area contributed by atoms with Crippen molar-refractivity contribution in [3.8, 4) is 0 Å². The Bertz CT molecular complexity index is 817. The highest BCUT2D eigenvalue weighted by Gasteiger charge is 2.14. The fraction of sp³-hybridized carbons (Fsp3) is 0.211. The lowest BCUT2D eigenvalue weighted by Crippen LogP contribution is -2.31. The summed E-state index contributed by atoms with van der Waals surface area (Å²) in [5, 5.41) is 2.77. The molecule has 0 aromatic heterocycles. The lowest BCUT2D eigenvalue weighted by Gasteiger charge is -2.08. The number of rotatable bonds is 6. The van der Waals surface area contributed by atoms with Gasteiger partial charge >= 0.3 is 5.97 Å². The number of ketones is 1. The molecule has 2 aromatic rings. The Labute approximate surface area is 150 Å². The van der Waals surface area contributed by atoms with Crippen molar-refractivity contribution in [1.82, 2.24) is 5.32 Å². The molecule has 0 heterocycles. The van der Waals surface area contributed by atoms with E-state index in [1.165, 1.54) is 0 Å². The molecule has 0 saturated heterocycles. The molecule has 25 heavy (non-hydrogen) atoms. The summed E-state index contributed by atoms with van der Waals surface area (Å²) >= 11 is 5.91. The fourth-order valence-corrected chi connectivity index (χ4v) is 2.34. The van der Waals surface area contributed by atoms with Crippen LogP contribution in [0.2, 0.25) is 5.02 Å². The van der Waals surface area contributed by atoms with Gasteiger partial charge in [0.2, 0.25) is 5.78 Å². The molecule has 0 aliphatic carbocycles. The largest absolute Gasteiger partial charge is 0.456 e. The number of carbonyl (C=O) groups is 3. The lowest BCUT2D eigenvalue weighted by atomic mass is 10.1. The van der Waals surface area contributed by atoms with E-state index in [1.54, 1.807) is 36.4 Å². The van der Waals surface area contributed by atoms with E-state index >= 15 is 0 Å². The number of amides is 1. The van der Waals surface area contributed by atoms with Crippen LogP contribution in [-0.4, -0.2) is 30.8 Å². The topological polar surface area (TPSA) is 72.5 Å². The predicted octanol–water partition coefficient (Wildman–Crippen LogP) is 3.11. The first-order chi connectivity index (χ1) is 11.9. The van der Waals surface area contributed by atoms with Crippen LogP contribution in [0, 0.1) is 13.8 Å². The summed E-state index contributed by atoms with van der Waals surface area (Å²) in [7, 11) is 0. The third-order valence-corrected chi connectivity index (χ3v) is 4.03. The zero-order chi connectivity index (χ0) is 18.4. The normalized spacial score (nSPS) is 10.2. The molecule has 0 radical (unpaired) electrons. The standard InChI is InChI=1S/C19H18ClNO4/c1-12-7-8-14(9-13(12)2)19(24)21-10-18(23)25-11-17(22)15-5-3-4-6-16(15)20/h3-9H,10-11H2,1-2H3,(H,21,24). The summed E-state index contributed by atoms with van der Waals surface area (Å²) in [6, 6.07) is 11.8. The number of aryl methyl sites for hydroxylation is 2. The zero-order valence-corrected chi connectivity index (χ0v) is 14.7. The molecule has 130 valence electrons. The molecule has 1 N–H and O–H groups in total. The van der Waals surface area contributed by atoms with Gasteiger partial charge in [-0.15, -0.1) is 0 Å². The van der Waals surface area contributed by atoms with E-state index in [-0.39, 0.29) is 18.0 Å². The summed E-state index contributed by atoms with van der Waals surface area (Å²) in [5.74, 6) is -1.48. The average Bonchev–Trinajstić information content (AvgIpc) is 2.60. The molecule has 1 amide bonds. The highest BCUT2D eigenvalue weighted by molar-refractivity contribution is 6.34. The Morgan fingerprint density at radius 1 is 1.04 bits per heavy atom. The smallest absolute Gasteiger partial charge is 0.325 e. The molecule has 0 spiro atoms. The second kappa shape index (κ2) is 8.44.